The van der Waals surface area contributed by atoms with Gasteiger partial charge in [0.15, 0.2) is 0 Å². The lowest BCUT2D eigenvalue weighted by molar-refractivity contribution is -0.121. The Labute approximate surface area is 162 Å². The van der Waals surface area contributed by atoms with E-state index in [1.54, 1.807) is 24.3 Å². The average molecular weight is 381 g/mol. The molecule has 0 saturated carbocycles. The first-order chi connectivity index (χ1) is 13.4. The third-order valence-corrected chi connectivity index (χ3v) is 4.26. The number of fused-ring (bicyclic) bond motifs is 1. The molecule has 146 valence electrons. The van der Waals surface area contributed by atoms with Crippen LogP contribution in [-0.2, 0) is 29.2 Å². The summed E-state index contributed by atoms with van der Waals surface area (Å²) in [6, 6.07) is 14.4. The van der Waals surface area contributed by atoms with Crippen molar-refractivity contribution in [2.75, 3.05) is 0 Å². The Balaban J connectivity index is 1.67. The smallest absolute Gasteiger partial charge is 0.329 e. The molecule has 0 fully saturated rings. The number of nitrogens with zero attached hydrogens (tertiary/aromatic N) is 1. The predicted molar refractivity (Wildman–Crippen MR) is 107 cm³/mol. The zero-order valence-electron chi connectivity index (χ0n) is 15.9. The van der Waals surface area contributed by atoms with Crippen molar-refractivity contribution >= 4 is 16.8 Å². The van der Waals surface area contributed by atoms with E-state index in [1.165, 1.54) is 0 Å². The molecule has 3 aromatic rings. The Morgan fingerprint density at radius 1 is 1.11 bits per heavy atom. The van der Waals surface area contributed by atoms with Crippen molar-refractivity contribution in [2.45, 2.75) is 39.6 Å². The van der Waals surface area contributed by atoms with Gasteiger partial charge in [-0.3, -0.25) is 14.2 Å². The topological polar surface area (TPSA) is 93.2 Å². The number of aromatic nitrogens is 2. The molecule has 0 saturated heterocycles. The number of rotatable bonds is 7. The van der Waals surface area contributed by atoms with Crippen molar-refractivity contribution in [2.24, 2.45) is 0 Å². The van der Waals surface area contributed by atoms with E-state index < -0.39 is 17.2 Å². The minimum atomic E-state index is -0.605. The molecule has 2 N–H and O–H groups in total. The van der Waals surface area contributed by atoms with Gasteiger partial charge in [0, 0.05) is 6.54 Å². The molecule has 0 aliphatic heterocycles. The largest absolute Gasteiger partial charge is 0.374 e. The van der Waals surface area contributed by atoms with Crippen molar-refractivity contribution in [1.29, 1.82) is 0 Å². The van der Waals surface area contributed by atoms with Gasteiger partial charge in [0.25, 0.3) is 5.56 Å². The van der Waals surface area contributed by atoms with Gasteiger partial charge in [0.2, 0.25) is 5.91 Å². The van der Waals surface area contributed by atoms with Crippen molar-refractivity contribution < 1.29 is 9.53 Å². The van der Waals surface area contributed by atoms with Crippen LogP contribution in [0.4, 0.5) is 0 Å². The number of ether oxygens (including phenoxy) is 1. The number of hydrogen-bond acceptors (Lipinski definition) is 4. The molecule has 7 nitrogen and oxygen atoms in total. The van der Waals surface area contributed by atoms with Gasteiger partial charge in [-0.25, -0.2) is 4.79 Å². The van der Waals surface area contributed by atoms with Crippen molar-refractivity contribution in [3.05, 3.63) is 80.5 Å². The molecule has 3 rings (SSSR count). The highest BCUT2D eigenvalue weighted by molar-refractivity contribution is 5.78. The first-order valence-electron chi connectivity index (χ1n) is 9.12. The van der Waals surface area contributed by atoms with Gasteiger partial charge in [0.1, 0.15) is 6.54 Å². The normalized spacial score (nSPS) is 11.1. The second-order valence-electron chi connectivity index (χ2n) is 6.82. The lowest BCUT2D eigenvalue weighted by Crippen LogP contribution is -2.40. The second kappa shape index (κ2) is 8.67. The number of aromatic amines is 1. The molecule has 1 amide bonds. The van der Waals surface area contributed by atoms with Crippen LogP contribution in [0.15, 0.2) is 58.1 Å². The molecular weight excluding hydrogens is 358 g/mol. The van der Waals surface area contributed by atoms with Crippen LogP contribution in [0.25, 0.3) is 10.9 Å². The third-order valence-electron chi connectivity index (χ3n) is 4.26. The fourth-order valence-corrected chi connectivity index (χ4v) is 2.83. The van der Waals surface area contributed by atoms with Crippen LogP contribution >= 0.6 is 0 Å². The monoisotopic (exact) mass is 381 g/mol. The molecular formula is C21H23N3O4. The van der Waals surface area contributed by atoms with E-state index in [2.05, 4.69) is 10.3 Å². The van der Waals surface area contributed by atoms with Crippen LogP contribution in [0.3, 0.4) is 0 Å². The molecule has 0 unspecified atom stereocenters. The summed E-state index contributed by atoms with van der Waals surface area (Å²) in [5, 5.41) is 3.12. The van der Waals surface area contributed by atoms with Gasteiger partial charge >= 0.3 is 5.69 Å². The van der Waals surface area contributed by atoms with Gasteiger partial charge in [-0.1, -0.05) is 36.4 Å². The summed E-state index contributed by atoms with van der Waals surface area (Å²) in [7, 11) is 0. The van der Waals surface area contributed by atoms with E-state index in [0.717, 1.165) is 15.7 Å². The number of para-hydroxylation sites is 1. The van der Waals surface area contributed by atoms with Crippen molar-refractivity contribution in [1.82, 2.24) is 14.9 Å². The van der Waals surface area contributed by atoms with E-state index in [0.29, 0.717) is 24.1 Å². The van der Waals surface area contributed by atoms with E-state index in [4.69, 9.17) is 4.74 Å². The van der Waals surface area contributed by atoms with Crippen molar-refractivity contribution in [3.8, 4) is 0 Å². The predicted octanol–water partition coefficient (Wildman–Crippen LogP) is 1.93. The van der Waals surface area contributed by atoms with Crippen LogP contribution < -0.4 is 16.6 Å². The summed E-state index contributed by atoms with van der Waals surface area (Å²) in [6.45, 7) is 4.41. The summed E-state index contributed by atoms with van der Waals surface area (Å²) < 4.78 is 6.49. The number of carbonyl (C=O) groups is 1. The summed E-state index contributed by atoms with van der Waals surface area (Å²) in [5.74, 6) is -0.410. The number of benzene rings is 2. The molecule has 0 radical (unpaired) electrons. The van der Waals surface area contributed by atoms with Crippen molar-refractivity contribution in [3.63, 3.8) is 0 Å². The Hall–Kier alpha value is -3.19. The maximum atomic E-state index is 12.5. The minimum Gasteiger partial charge on any atom is -0.374 e. The molecule has 7 heteroatoms. The minimum absolute atomic E-state index is 0.140. The van der Waals surface area contributed by atoms with Crippen LogP contribution in [0.5, 0.6) is 0 Å². The molecule has 1 heterocycles. The van der Waals surface area contributed by atoms with Gasteiger partial charge in [-0.2, -0.15) is 0 Å². The Kier molecular flexibility index (Phi) is 6.06. The molecule has 0 spiro atoms. The first-order valence-corrected chi connectivity index (χ1v) is 9.12. The van der Waals surface area contributed by atoms with E-state index >= 15 is 0 Å². The van der Waals surface area contributed by atoms with Gasteiger partial charge in [-0.15, -0.1) is 0 Å². The quantitative estimate of drug-likeness (QED) is 0.654. The van der Waals surface area contributed by atoms with Gasteiger partial charge < -0.3 is 15.0 Å². The molecule has 2 aromatic carbocycles. The Bertz CT molecular complexity index is 1100. The SMILES string of the molecule is CC(C)OCc1cccc(CNC(=O)Cn2c(=O)[nH]c3ccccc3c2=O)c1. The fraction of sp³-hybridized carbons (Fsp3) is 0.286. The number of hydrogen-bond donors (Lipinski definition) is 2. The van der Waals surface area contributed by atoms with Crippen LogP contribution in [-0.4, -0.2) is 21.6 Å². The molecule has 0 aliphatic rings. The molecule has 0 atom stereocenters. The number of H-pyrrole nitrogens is 1. The summed E-state index contributed by atoms with van der Waals surface area (Å²) in [4.78, 5) is 39.5. The molecule has 1 aromatic heterocycles. The van der Waals surface area contributed by atoms with Crippen LogP contribution in [0, 0.1) is 0 Å². The van der Waals surface area contributed by atoms with Crippen LogP contribution in [0.1, 0.15) is 25.0 Å². The summed E-state index contributed by atoms with van der Waals surface area (Å²) in [6.07, 6.45) is 0.140. The summed E-state index contributed by atoms with van der Waals surface area (Å²) >= 11 is 0. The molecule has 28 heavy (non-hydrogen) atoms. The van der Waals surface area contributed by atoms with Gasteiger partial charge in [0.05, 0.1) is 23.6 Å². The molecule has 0 aliphatic carbocycles. The zero-order valence-corrected chi connectivity index (χ0v) is 15.9. The standard InChI is InChI=1S/C21H23N3O4/c1-14(2)28-13-16-7-5-6-15(10-16)11-22-19(25)12-24-20(26)17-8-3-4-9-18(17)23-21(24)27/h3-10,14H,11-13H2,1-2H3,(H,22,25)(H,23,27). The average Bonchev–Trinajstić information content (AvgIpc) is 2.68. The van der Waals surface area contributed by atoms with Gasteiger partial charge in [-0.05, 0) is 37.1 Å². The second-order valence-corrected chi connectivity index (χ2v) is 6.82. The van der Waals surface area contributed by atoms with Crippen LogP contribution in [0.2, 0.25) is 0 Å². The lowest BCUT2D eigenvalue weighted by Gasteiger charge is -2.10. The highest BCUT2D eigenvalue weighted by Gasteiger charge is 2.11. The Morgan fingerprint density at radius 3 is 2.64 bits per heavy atom. The fourth-order valence-electron chi connectivity index (χ4n) is 2.83. The van der Waals surface area contributed by atoms with E-state index in [9.17, 15) is 14.4 Å². The lowest BCUT2D eigenvalue weighted by atomic mass is 10.1. The Morgan fingerprint density at radius 2 is 1.86 bits per heavy atom. The number of nitrogens with one attached hydrogen (secondary N) is 2. The first kappa shape index (κ1) is 19.6. The summed E-state index contributed by atoms with van der Waals surface area (Å²) in [5.41, 5.74) is 1.30. The maximum Gasteiger partial charge on any atom is 0.329 e. The number of carbonyl (C=O) groups excluding carboxylic acids is 1. The maximum absolute atomic E-state index is 12.5. The zero-order chi connectivity index (χ0) is 20.1. The van der Waals surface area contributed by atoms with E-state index in [-0.39, 0.29) is 12.6 Å². The molecule has 0 bridgehead atoms. The number of amides is 1. The van der Waals surface area contributed by atoms with E-state index in [1.807, 2.05) is 38.1 Å². The third kappa shape index (κ3) is 4.75. The highest BCUT2D eigenvalue weighted by atomic mass is 16.5. The highest BCUT2D eigenvalue weighted by Crippen LogP contribution is 2.08.